The minimum atomic E-state index is -4.32. The van der Waals surface area contributed by atoms with Crippen LogP contribution >= 0.6 is 38.9 Å². The van der Waals surface area contributed by atoms with Crippen molar-refractivity contribution in [1.82, 2.24) is 5.32 Å². The third-order valence-corrected chi connectivity index (χ3v) is 5.47. The van der Waals surface area contributed by atoms with Crippen LogP contribution in [-0.2, 0) is 6.18 Å². The smallest absolute Gasteiger partial charge is 0.306 e. The minimum absolute atomic E-state index is 0.175. The van der Waals surface area contributed by atoms with E-state index < -0.39 is 11.7 Å². The molecule has 2 rings (SSSR count). The summed E-state index contributed by atoms with van der Waals surface area (Å²) >= 11 is 10.9. The van der Waals surface area contributed by atoms with Crippen LogP contribution in [0.15, 0.2) is 34.1 Å². The van der Waals surface area contributed by atoms with Gasteiger partial charge in [0.1, 0.15) is 0 Å². The molecule has 0 bridgehead atoms. The van der Waals surface area contributed by atoms with Crippen LogP contribution in [0, 0.1) is 0 Å². The molecule has 0 spiro atoms. The zero-order chi connectivity index (χ0) is 15.6. The number of thiophene rings is 1. The predicted molar refractivity (Wildman–Crippen MR) is 84.0 cm³/mol. The molecule has 0 saturated carbocycles. The third kappa shape index (κ3) is 4.00. The van der Waals surface area contributed by atoms with Crippen molar-refractivity contribution in [2.75, 3.05) is 6.54 Å². The Morgan fingerprint density at radius 1 is 1.29 bits per heavy atom. The molecule has 0 fully saturated rings. The molecular weight excluding hydrogens is 387 g/mol. The molecule has 0 aliphatic rings. The van der Waals surface area contributed by atoms with Gasteiger partial charge in [-0.25, -0.2) is 0 Å². The summed E-state index contributed by atoms with van der Waals surface area (Å²) in [6, 6.07) is 6.84. The molecule has 0 amide bonds. The zero-order valence-corrected chi connectivity index (χ0v) is 14.1. The summed E-state index contributed by atoms with van der Waals surface area (Å²) in [5.74, 6) is 0. The van der Waals surface area contributed by atoms with E-state index in [0.717, 1.165) is 26.4 Å². The third-order valence-electron chi connectivity index (χ3n) is 2.93. The lowest BCUT2D eigenvalue weighted by Crippen LogP contribution is -2.21. The molecule has 114 valence electrons. The molecule has 0 aliphatic heterocycles. The van der Waals surface area contributed by atoms with Gasteiger partial charge in [0.15, 0.2) is 0 Å². The summed E-state index contributed by atoms with van der Waals surface area (Å²) in [5.41, 5.74) is 0.127. The van der Waals surface area contributed by atoms with E-state index in [9.17, 15) is 13.2 Å². The molecule has 1 nitrogen and oxygen atoms in total. The van der Waals surface area contributed by atoms with Crippen LogP contribution < -0.4 is 5.32 Å². The van der Waals surface area contributed by atoms with E-state index in [1.807, 2.05) is 13.0 Å². The average molecular weight is 399 g/mol. The van der Waals surface area contributed by atoms with Crippen molar-refractivity contribution in [3.63, 3.8) is 0 Å². The van der Waals surface area contributed by atoms with E-state index in [2.05, 4.69) is 21.2 Å². The zero-order valence-electron chi connectivity index (χ0n) is 11.0. The number of rotatable bonds is 4. The van der Waals surface area contributed by atoms with Crippen molar-refractivity contribution >= 4 is 38.9 Å². The Balaban J connectivity index is 2.34. The van der Waals surface area contributed by atoms with E-state index in [-0.39, 0.29) is 6.04 Å². The number of nitrogens with one attached hydrogen (secondary N) is 1. The number of alkyl halides is 3. The van der Waals surface area contributed by atoms with Gasteiger partial charge in [-0.15, -0.1) is 11.3 Å². The fourth-order valence-corrected chi connectivity index (χ4v) is 3.81. The molecule has 1 N–H and O–H groups in total. The van der Waals surface area contributed by atoms with Gasteiger partial charge in [0.2, 0.25) is 0 Å². The van der Waals surface area contributed by atoms with Crippen LogP contribution in [0.3, 0.4) is 0 Å². The average Bonchev–Trinajstić information content (AvgIpc) is 2.75. The summed E-state index contributed by atoms with van der Waals surface area (Å²) < 4.78 is 38.6. The highest BCUT2D eigenvalue weighted by Gasteiger charge is 2.30. The molecule has 1 heterocycles. The summed E-state index contributed by atoms with van der Waals surface area (Å²) in [4.78, 5) is 0.952. The highest BCUT2D eigenvalue weighted by atomic mass is 79.9. The molecule has 1 unspecified atom stereocenters. The molecule has 7 heteroatoms. The predicted octanol–water partition coefficient (Wildman–Crippen LogP) is 5.88. The summed E-state index contributed by atoms with van der Waals surface area (Å²) in [6.07, 6.45) is -4.32. The second kappa shape index (κ2) is 6.69. The first-order chi connectivity index (χ1) is 9.82. The molecule has 21 heavy (non-hydrogen) atoms. The van der Waals surface area contributed by atoms with Gasteiger partial charge >= 0.3 is 6.18 Å². The van der Waals surface area contributed by atoms with Gasteiger partial charge in [-0.05, 0) is 46.2 Å². The van der Waals surface area contributed by atoms with E-state index in [0.29, 0.717) is 11.6 Å². The molecule has 1 atom stereocenters. The highest BCUT2D eigenvalue weighted by molar-refractivity contribution is 9.11. The van der Waals surface area contributed by atoms with Crippen molar-refractivity contribution in [2.45, 2.75) is 19.1 Å². The molecule has 0 saturated heterocycles. The minimum Gasteiger partial charge on any atom is -0.306 e. The maximum absolute atomic E-state index is 12.6. The van der Waals surface area contributed by atoms with Crippen LogP contribution in [0.5, 0.6) is 0 Å². The van der Waals surface area contributed by atoms with Crippen molar-refractivity contribution in [2.24, 2.45) is 0 Å². The summed E-state index contributed by atoms with van der Waals surface area (Å²) in [5, 5.41) is 3.87. The lowest BCUT2D eigenvalue weighted by Gasteiger charge is -2.17. The number of hydrogen-bond acceptors (Lipinski definition) is 2. The Hall–Kier alpha value is -0.560. The maximum Gasteiger partial charge on any atom is 0.416 e. The molecule has 1 aromatic heterocycles. The molecule has 2 aromatic rings. The Morgan fingerprint density at radius 2 is 1.90 bits per heavy atom. The highest BCUT2D eigenvalue weighted by Crippen LogP contribution is 2.38. The Bertz CT molecular complexity index is 590. The van der Waals surface area contributed by atoms with Gasteiger partial charge in [0.05, 0.1) is 20.4 Å². The Kier molecular flexibility index (Phi) is 5.35. The van der Waals surface area contributed by atoms with Crippen LogP contribution in [0.25, 0.3) is 0 Å². The van der Waals surface area contributed by atoms with Gasteiger partial charge < -0.3 is 5.32 Å². The van der Waals surface area contributed by atoms with Gasteiger partial charge in [0.25, 0.3) is 0 Å². The first-order valence-corrected chi connectivity index (χ1v) is 8.17. The Morgan fingerprint density at radius 3 is 2.33 bits per heavy atom. The maximum atomic E-state index is 12.6. The topological polar surface area (TPSA) is 12.0 Å². The van der Waals surface area contributed by atoms with Crippen LogP contribution in [-0.4, -0.2) is 6.54 Å². The Labute approximate surface area is 138 Å². The lowest BCUT2D eigenvalue weighted by atomic mass is 10.0. The quantitative estimate of drug-likeness (QED) is 0.678. The van der Waals surface area contributed by atoms with Gasteiger partial charge in [-0.3, -0.25) is 0 Å². The second-order valence-corrected chi connectivity index (χ2v) is 7.19. The van der Waals surface area contributed by atoms with E-state index >= 15 is 0 Å². The van der Waals surface area contributed by atoms with Crippen LogP contribution in [0.1, 0.15) is 29.0 Å². The summed E-state index contributed by atoms with van der Waals surface area (Å²) in [6.45, 7) is 2.64. The van der Waals surface area contributed by atoms with Crippen molar-refractivity contribution < 1.29 is 13.2 Å². The first kappa shape index (κ1) is 16.8. The SMILES string of the molecule is CCNC(c1ccc(C(F)(F)F)cc1)c1cc(Cl)c(Br)s1. The normalized spacial score (nSPS) is 13.4. The summed E-state index contributed by atoms with van der Waals surface area (Å²) in [7, 11) is 0. The number of hydrogen-bond donors (Lipinski definition) is 1. The lowest BCUT2D eigenvalue weighted by molar-refractivity contribution is -0.137. The van der Waals surface area contributed by atoms with Gasteiger partial charge in [-0.2, -0.15) is 13.2 Å². The van der Waals surface area contributed by atoms with Crippen LogP contribution in [0.2, 0.25) is 5.02 Å². The van der Waals surface area contributed by atoms with E-state index in [4.69, 9.17) is 11.6 Å². The van der Waals surface area contributed by atoms with Crippen molar-refractivity contribution in [3.05, 3.63) is 55.1 Å². The van der Waals surface area contributed by atoms with E-state index in [1.54, 1.807) is 0 Å². The fraction of sp³-hybridized carbons (Fsp3) is 0.286. The van der Waals surface area contributed by atoms with Crippen molar-refractivity contribution in [1.29, 1.82) is 0 Å². The largest absolute Gasteiger partial charge is 0.416 e. The van der Waals surface area contributed by atoms with Gasteiger partial charge in [-0.1, -0.05) is 30.7 Å². The standard InChI is InChI=1S/C14H12BrClF3NS/c1-2-20-12(11-7-10(16)13(15)21-11)8-3-5-9(6-4-8)14(17,18)19/h3-7,12,20H,2H2,1H3. The molecule has 0 radical (unpaired) electrons. The fourth-order valence-electron chi connectivity index (χ4n) is 1.96. The number of benzene rings is 1. The molecular formula is C14H12BrClF3NS. The van der Waals surface area contributed by atoms with Crippen LogP contribution in [0.4, 0.5) is 13.2 Å². The first-order valence-electron chi connectivity index (χ1n) is 6.18. The molecule has 0 aliphatic carbocycles. The monoisotopic (exact) mass is 397 g/mol. The van der Waals surface area contributed by atoms with Gasteiger partial charge in [0, 0.05) is 4.88 Å². The van der Waals surface area contributed by atoms with E-state index in [1.165, 1.54) is 23.5 Å². The number of halogens is 5. The second-order valence-electron chi connectivity index (χ2n) is 4.38. The molecule has 1 aromatic carbocycles. The van der Waals surface area contributed by atoms with Crippen molar-refractivity contribution in [3.8, 4) is 0 Å².